The number of alkyl halides is 3. The summed E-state index contributed by atoms with van der Waals surface area (Å²) >= 11 is 0.915. The molecule has 110 valence electrons. The lowest BCUT2D eigenvalue weighted by Gasteiger charge is -2.10. The monoisotopic (exact) mass is 308 g/mol. The number of nitrogens with two attached hydrogens (primary N) is 1. The zero-order valence-electron chi connectivity index (χ0n) is 10.3. The Morgan fingerprint density at radius 2 is 2.05 bits per heavy atom. The van der Waals surface area contributed by atoms with E-state index in [4.69, 9.17) is 5.73 Å². The second-order valence-electron chi connectivity index (χ2n) is 3.58. The van der Waals surface area contributed by atoms with Gasteiger partial charge in [0.1, 0.15) is 0 Å². The number of halogens is 3. The van der Waals surface area contributed by atoms with Crippen molar-refractivity contribution < 1.29 is 27.5 Å². The van der Waals surface area contributed by atoms with Crippen molar-refractivity contribution in [3.63, 3.8) is 0 Å². The van der Waals surface area contributed by atoms with Crippen molar-refractivity contribution in [1.82, 2.24) is 5.32 Å². The third kappa shape index (κ3) is 4.65. The molecule has 0 heterocycles. The normalized spacial score (nSPS) is 11.0. The van der Waals surface area contributed by atoms with Gasteiger partial charge in [0.15, 0.2) is 0 Å². The smallest absolute Gasteiger partial charge is 0.416 e. The van der Waals surface area contributed by atoms with Crippen molar-refractivity contribution in [2.24, 2.45) is 0 Å². The Morgan fingerprint density at radius 3 is 2.55 bits per heavy atom. The van der Waals surface area contributed by atoms with E-state index in [2.05, 4.69) is 4.74 Å². The van der Waals surface area contributed by atoms with Crippen LogP contribution in [0.5, 0.6) is 0 Å². The molecule has 0 spiro atoms. The highest BCUT2D eigenvalue weighted by molar-refractivity contribution is 8.00. The Bertz CT molecular complexity index is 520. The molecule has 0 saturated heterocycles. The van der Waals surface area contributed by atoms with E-state index in [1.165, 1.54) is 6.07 Å². The van der Waals surface area contributed by atoms with E-state index in [9.17, 15) is 22.8 Å². The highest BCUT2D eigenvalue weighted by Gasteiger charge is 2.30. The number of nitrogen functional groups attached to an aromatic ring is 1. The van der Waals surface area contributed by atoms with Crippen LogP contribution in [-0.4, -0.2) is 24.9 Å². The molecular weight excluding hydrogens is 297 g/mol. The van der Waals surface area contributed by atoms with Gasteiger partial charge in [0.25, 0.3) is 0 Å². The molecule has 1 aromatic rings. The molecule has 3 N–H and O–H groups in total. The van der Waals surface area contributed by atoms with Crippen molar-refractivity contribution in [3.8, 4) is 0 Å². The average molecular weight is 308 g/mol. The van der Waals surface area contributed by atoms with E-state index >= 15 is 0 Å². The molecule has 1 rings (SSSR count). The van der Waals surface area contributed by atoms with Crippen LogP contribution < -0.4 is 11.1 Å². The number of hydrogen-bond acceptors (Lipinski definition) is 5. The number of nitrogens with one attached hydrogen (secondary N) is 1. The van der Waals surface area contributed by atoms with Gasteiger partial charge in [-0.2, -0.15) is 13.2 Å². The summed E-state index contributed by atoms with van der Waals surface area (Å²) in [5.41, 5.74) is 4.54. The van der Waals surface area contributed by atoms with Gasteiger partial charge in [-0.3, -0.25) is 10.1 Å². The fourth-order valence-electron chi connectivity index (χ4n) is 1.20. The number of carbonyl (C=O) groups is 2. The van der Waals surface area contributed by atoms with Gasteiger partial charge in [-0.1, -0.05) is 0 Å². The summed E-state index contributed by atoms with van der Waals surface area (Å²) in [5.74, 6) is -0.814. The minimum absolute atomic E-state index is 0.0873. The van der Waals surface area contributed by atoms with Gasteiger partial charge in [-0.15, -0.1) is 11.8 Å². The van der Waals surface area contributed by atoms with E-state index in [1.807, 2.05) is 5.32 Å². The van der Waals surface area contributed by atoms with Gasteiger partial charge < -0.3 is 10.5 Å². The number of ether oxygens (including phenoxy) is 1. The number of carbonyl (C=O) groups excluding carboxylic acids is 2. The quantitative estimate of drug-likeness (QED) is 0.661. The van der Waals surface area contributed by atoms with Gasteiger partial charge in [-0.25, -0.2) is 4.79 Å². The van der Waals surface area contributed by atoms with E-state index in [0.29, 0.717) is 4.90 Å². The minimum atomic E-state index is -4.47. The van der Waals surface area contributed by atoms with Gasteiger partial charge in [0, 0.05) is 10.6 Å². The van der Waals surface area contributed by atoms with Crippen LogP contribution in [-0.2, 0) is 15.7 Å². The number of alkyl carbamates (subject to hydrolysis) is 1. The van der Waals surface area contributed by atoms with Crippen LogP contribution in [0.4, 0.5) is 23.7 Å². The van der Waals surface area contributed by atoms with Crippen LogP contribution in [0.25, 0.3) is 0 Å². The van der Waals surface area contributed by atoms with Crippen LogP contribution >= 0.6 is 11.8 Å². The molecule has 0 aliphatic rings. The fraction of sp³-hybridized carbons (Fsp3) is 0.273. The third-order valence-electron chi connectivity index (χ3n) is 2.12. The summed E-state index contributed by atoms with van der Waals surface area (Å²) in [6.45, 7) is 0. The second-order valence-corrected chi connectivity index (χ2v) is 4.60. The first kappa shape index (κ1) is 16.2. The number of methoxy groups -OCH3 is 1. The maximum absolute atomic E-state index is 12.4. The number of amides is 2. The lowest BCUT2D eigenvalue weighted by atomic mass is 10.2. The van der Waals surface area contributed by atoms with Crippen LogP contribution in [0.15, 0.2) is 23.1 Å². The van der Waals surface area contributed by atoms with E-state index in [0.717, 1.165) is 31.0 Å². The zero-order valence-corrected chi connectivity index (χ0v) is 11.1. The lowest BCUT2D eigenvalue weighted by molar-refractivity contribution is -0.137. The molecule has 0 saturated carbocycles. The Labute approximate surface area is 116 Å². The van der Waals surface area contributed by atoms with Crippen molar-refractivity contribution in [1.29, 1.82) is 0 Å². The van der Waals surface area contributed by atoms with Gasteiger partial charge in [0.05, 0.1) is 18.4 Å². The standard InChI is InChI=1S/C11H11F3N2O3S/c1-19-10(18)16-9(17)5-20-8-3-2-6(4-7(8)15)11(12,13)14/h2-4H,5,15H2,1H3,(H,16,17,18). The molecule has 9 heteroatoms. The summed E-state index contributed by atoms with van der Waals surface area (Å²) in [7, 11) is 1.10. The Balaban J connectivity index is 2.66. The zero-order chi connectivity index (χ0) is 15.3. The summed E-state index contributed by atoms with van der Waals surface area (Å²) in [6.07, 6.45) is -5.38. The molecule has 1 aromatic carbocycles. The Kier molecular flexibility index (Phi) is 5.26. The van der Waals surface area contributed by atoms with Crippen LogP contribution in [0, 0.1) is 0 Å². The molecule has 20 heavy (non-hydrogen) atoms. The summed E-state index contributed by atoms with van der Waals surface area (Å²) in [5, 5.41) is 1.91. The van der Waals surface area contributed by atoms with Crippen molar-refractivity contribution in [2.45, 2.75) is 11.1 Å². The average Bonchev–Trinajstić information content (AvgIpc) is 2.35. The van der Waals surface area contributed by atoms with Crippen LogP contribution in [0.3, 0.4) is 0 Å². The van der Waals surface area contributed by atoms with Gasteiger partial charge in [-0.05, 0) is 18.2 Å². The van der Waals surface area contributed by atoms with Gasteiger partial charge in [0.2, 0.25) is 5.91 Å². The molecular formula is C11H11F3N2O3S. The Morgan fingerprint density at radius 1 is 1.40 bits per heavy atom. The predicted molar refractivity (Wildman–Crippen MR) is 67.1 cm³/mol. The first-order chi connectivity index (χ1) is 9.24. The number of thioether (sulfide) groups is 1. The minimum Gasteiger partial charge on any atom is -0.453 e. The Hall–Kier alpha value is -1.90. The first-order valence-corrected chi connectivity index (χ1v) is 6.20. The lowest BCUT2D eigenvalue weighted by Crippen LogP contribution is -2.31. The molecule has 0 aliphatic carbocycles. The number of rotatable bonds is 3. The van der Waals surface area contributed by atoms with E-state index < -0.39 is 23.7 Å². The third-order valence-corrected chi connectivity index (χ3v) is 3.21. The fourth-order valence-corrected chi connectivity index (χ4v) is 1.95. The maximum atomic E-state index is 12.4. The topological polar surface area (TPSA) is 81.4 Å². The number of hydrogen-bond donors (Lipinski definition) is 2. The summed E-state index contributed by atoms with van der Waals surface area (Å²) in [4.78, 5) is 22.3. The molecule has 0 aromatic heterocycles. The summed E-state index contributed by atoms with van der Waals surface area (Å²) in [6, 6.07) is 2.84. The predicted octanol–water partition coefficient (Wildman–Crippen LogP) is 2.26. The molecule has 0 unspecified atom stereocenters. The molecule has 0 bridgehead atoms. The van der Waals surface area contributed by atoms with Crippen molar-refractivity contribution >= 4 is 29.4 Å². The van der Waals surface area contributed by atoms with Crippen molar-refractivity contribution in [3.05, 3.63) is 23.8 Å². The number of anilines is 1. The van der Waals surface area contributed by atoms with Gasteiger partial charge >= 0.3 is 12.3 Å². The maximum Gasteiger partial charge on any atom is 0.416 e. The SMILES string of the molecule is COC(=O)NC(=O)CSc1ccc(C(F)(F)F)cc1N. The van der Waals surface area contributed by atoms with Crippen LogP contribution in [0.1, 0.15) is 5.56 Å². The molecule has 2 amide bonds. The highest BCUT2D eigenvalue weighted by Crippen LogP contribution is 2.34. The molecule has 0 aliphatic heterocycles. The molecule has 0 radical (unpaired) electrons. The summed E-state index contributed by atoms with van der Waals surface area (Å²) < 4.78 is 41.5. The van der Waals surface area contributed by atoms with E-state index in [1.54, 1.807) is 0 Å². The largest absolute Gasteiger partial charge is 0.453 e. The molecule has 0 atom stereocenters. The highest BCUT2D eigenvalue weighted by atomic mass is 32.2. The number of imide groups is 1. The molecule has 0 fully saturated rings. The second kappa shape index (κ2) is 6.51. The van der Waals surface area contributed by atoms with E-state index in [-0.39, 0.29) is 11.4 Å². The van der Waals surface area contributed by atoms with Crippen LogP contribution in [0.2, 0.25) is 0 Å². The van der Waals surface area contributed by atoms with Crippen molar-refractivity contribution in [2.75, 3.05) is 18.6 Å². The number of benzene rings is 1. The molecule has 5 nitrogen and oxygen atoms in total. The first-order valence-electron chi connectivity index (χ1n) is 5.21.